The van der Waals surface area contributed by atoms with Crippen molar-refractivity contribution >= 4 is 55.3 Å². The highest BCUT2D eigenvalue weighted by molar-refractivity contribution is 7.96. The van der Waals surface area contributed by atoms with Crippen LogP contribution in [-0.2, 0) is 9.84 Å². The van der Waals surface area contributed by atoms with E-state index in [4.69, 9.17) is 21.4 Å². The van der Waals surface area contributed by atoms with Crippen molar-refractivity contribution in [1.29, 1.82) is 10.7 Å². The first-order valence-corrected chi connectivity index (χ1v) is 18.6. The van der Waals surface area contributed by atoms with E-state index in [-0.39, 0.29) is 4.90 Å². The smallest absolute Gasteiger partial charge is 0.226 e. The lowest BCUT2D eigenvalue weighted by atomic mass is 9.93. The second-order valence-electron chi connectivity index (χ2n) is 12.5. The molecule has 0 atom stereocenters. The van der Waals surface area contributed by atoms with Crippen LogP contribution < -0.4 is 14.8 Å². The molecule has 0 bridgehead atoms. The number of hydrogen-bond donors (Lipinski definition) is 1. The molecule has 51 heavy (non-hydrogen) atoms. The van der Waals surface area contributed by atoms with Crippen molar-refractivity contribution in [2.24, 2.45) is 0 Å². The van der Waals surface area contributed by atoms with Crippen LogP contribution >= 0.6 is 11.6 Å². The summed E-state index contributed by atoms with van der Waals surface area (Å²) < 4.78 is 36.6. The molecule has 1 aliphatic carbocycles. The first-order valence-electron chi connectivity index (χ1n) is 16.7. The second-order valence-corrected chi connectivity index (χ2v) is 14.8. The summed E-state index contributed by atoms with van der Waals surface area (Å²) in [6.45, 7) is 13.9. The Hall–Kier alpha value is -5.45. The van der Waals surface area contributed by atoms with Gasteiger partial charge in [0.2, 0.25) is 25.8 Å². The van der Waals surface area contributed by atoms with Crippen LogP contribution in [0.5, 0.6) is 0 Å². The number of benzene rings is 5. The van der Waals surface area contributed by atoms with Gasteiger partial charge in [-0.2, -0.15) is 9.84 Å². The topological polar surface area (TPSA) is 101 Å². The molecule has 0 spiro atoms. The number of hydrogen-bond acceptors (Lipinski definition) is 6. The number of aryl methyl sites for hydroxylation is 4. The predicted molar refractivity (Wildman–Crippen MR) is 207 cm³/mol. The maximum Gasteiger partial charge on any atom is 0.226 e. The van der Waals surface area contributed by atoms with Gasteiger partial charge in [-0.05, 0) is 89.1 Å². The first kappa shape index (κ1) is 35.4. The minimum Gasteiger partial charge on any atom is -0.456 e. The number of anilines is 2. The molecule has 9 heteroatoms. The maximum atomic E-state index is 13.8. The fraction of sp³-hybridized carbons (Fsp3) is 0.190. The summed E-state index contributed by atoms with van der Waals surface area (Å²) in [4.78, 5) is 1.40. The van der Waals surface area contributed by atoms with E-state index in [9.17, 15) is 13.7 Å². The normalized spacial score (nSPS) is 12.0. The molecule has 4 aromatic rings. The summed E-state index contributed by atoms with van der Waals surface area (Å²) >= 11 is 6.40. The van der Waals surface area contributed by atoms with E-state index in [1.165, 1.54) is 6.07 Å². The molecule has 1 aliphatic heterocycles. The zero-order valence-corrected chi connectivity index (χ0v) is 31.0. The molecule has 7 nitrogen and oxygen atoms in total. The summed E-state index contributed by atoms with van der Waals surface area (Å²) in [7, 11) is -4.36. The average Bonchev–Trinajstić information content (AvgIpc) is 3.10. The van der Waals surface area contributed by atoms with Gasteiger partial charge in [0.05, 0.1) is 11.0 Å². The molecule has 0 saturated heterocycles. The molecule has 0 amide bonds. The maximum absolute atomic E-state index is 13.8. The molecule has 0 saturated carbocycles. The van der Waals surface area contributed by atoms with Gasteiger partial charge in [0.25, 0.3) is 0 Å². The number of para-hydroxylation sites is 1. The molecule has 2 aliphatic rings. The molecule has 256 valence electrons. The third-order valence-electron chi connectivity index (χ3n) is 9.31. The van der Waals surface area contributed by atoms with Crippen molar-refractivity contribution in [3.63, 3.8) is 0 Å². The molecule has 6 rings (SSSR count). The van der Waals surface area contributed by atoms with Gasteiger partial charge in [0.1, 0.15) is 24.0 Å². The van der Waals surface area contributed by atoms with Crippen molar-refractivity contribution in [3.05, 3.63) is 129 Å². The Morgan fingerprint density at radius 3 is 2.18 bits per heavy atom. The number of rotatable bonds is 8. The van der Waals surface area contributed by atoms with E-state index < -0.39 is 14.7 Å². The number of fused-ring (bicyclic) bond motifs is 2. The van der Waals surface area contributed by atoms with Crippen LogP contribution in [0.4, 0.5) is 17.1 Å². The predicted octanol–water partition coefficient (Wildman–Crippen LogP) is 9.80. The van der Waals surface area contributed by atoms with Gasteiger partial charge in [-0.3, -0.25) is 5.41 Å². The molecule has 0 fully saturated rings. The van der Waals surface area contributed by atoms with E-state index in [2.05, 4.69) is 55.4 Å². The average molecular weight is 714 g/mol. The first-order chi connectivity index (χ1) is 24.4. The largest absolute Gasteiger partial charge is 0.456 e. The molecule has 1 N–H and O–H groups in total. The number of allylic oxidation sites excluding steroid dienone is 1. The van der Waals surface area contributed by atoms with Crippen molar-refractivity contribution in [1.82, 2.24) is 4.58 Å². The van der Waals surface area contributed by atoms with E-state index >= 15 is 0 Å². The van der Waals surface area contributed by atoms with Gasteiger partial charge < -0.3 is 9.32 Å². The Morgan fingerprint density at radius 1 is 0.863 bits per heavy atom. The number of halogens is 1. The summed E-state index contributed by atoms with van der Waals surface area (Å²) in [5.41, 5.74) is 9.78. The number of nitriles is 1. The molecular formula is C42H38ClN4O3S+. The van der Waals surface area contributed by atoms with Gasteiger partial charge in [-0.1, -0.05) is 48.0 Å². The number of nitrogens with one attached hydrogen (secondary N) is 1. The lowest BCUT2D eigenvalue weighted by molar-refractivity contribution is 0.603. The Labute approximate surface area is 303 Å². The van der Waals surface area contributed by atoms with Crippen LogP contribution in [0.3, 0.4) is 0 Å². The summed E-state index contributed by atoms with van der Waals surface area (Å²) in [6.07, 6.45) is 0. The summed E-state index contributed by atoms with van der Waals surface area (Å²) in [6, 6.07) is 30.3. The zero-order valence-electron chi connectivity index (χ0n) is 29.4. The molecule has 0 aromatic heterocycles. The van der Waals surface area contributed by atoms with Gasteiger partial charge in [-0.25, -0.2) is 8.42 Å². The van der Waals surface area contributed by atoms with Gasteiger partial charge in [-0.15, -0.1) is 0 Å². The van der Waals surface area contributed by atoms with Crippen LogP contribution in [0, 0.1) is 44.4 Å². The van der Waals surface area contributed by atoms with Crippen LogP contribution in [0.2, 0.25) is 5.02 Å². The van der Waals surface area contributed by atoms with Gasteiger partial charge >= 0.3 is 0 Å². The van der Waals surface area contributed by atoms with E-state index in [0.717, 1.165) is 44.7 Å². The molecule has 1 heterocycles. The Bertz CT molecular complexity index is 2570. The second kappa shape index (κ2) is 14.0. The highest BCUT2D eigenvalue weighted by Crippen LogP contribution is 2.44. The van der Waals surface area contributed by atoms with E-state index in [1.54, 1.807) is 24.3 Å². The third kappa shape index (κ3) is 6.26. The highest BCUT2D eigenvalue weighted by Gasteiger charge is 2.29. The fourth-order valence-electron chi connectivity index (χ4n) is 7.17. The summed E-state index contributed by atoms with van der Waals surface area (Å²) in [5, 5.41) is 19.5. The lowest BCUT2D eigenvalue weighted by Gasteiger charge is -2.27. The van der Waals surface area contributed by atoms with Crippen LogP contribution in [-0.4, -0.2) is 27.4 Å². The quantitative estimate of drug-likeness (QED) is 0.0733. The van der Waals surface area contributed by atoms with Crippen molar-refractivity contribution < 1.29 is 12.8 Å². The van der Waals surface area contributed by atoms with Crippen molar-refractivity contribution in [2.75, 3.05) is 18.0 Å². The van der Waals surface area contributed by atoms with Crippen LogP contribution in [0.1, 0.15) is 36.1 Å². The summed E-state index contributed by atoms with van der Waals surface area (Å²) in [5.74, 6) is 2.38. The van der Waals surface area contributed by atoms with Crippen LogP contribution in [0.25, 0.3) is 33.4 Å². The highest BCUT2D eigenvalue weighted by atomic mass is 35.5. The fourth-order valence-corrected chi connectivity index (χ4v) is 8.69. The van der Waals surface area contributed by atoms with E-state index in [1.807, 2.05) is 68.2 Å². The minimum absolute atomic E-state index is 0.0865. The lowest BCUT2D eigenvalue weighted by Crippen LogP contribution is -2.26. The van der Waals surface area contributed by atoms with Crippen molar-refractivity contribution in [3.8, 4) is 28.5 Å². The molecule has 4 aromatic carbocycles. The van der Waals surface area contributed by atoms with Crippen LogP contribution in [0.15, 0.2) is 105 Å². The minimum atomic E-state index is -4.36. The van der Waals surface area contributed by atoms with Gasteiger partial charge in [0.15, 0.2) is 0 Å². The number of nitrogens with zero attached hydrogens (tertiary/aromatic N) is 3. The molecular weight excluding hydrogens is 676 g/mol. The monoisotopic (exact) mass is 713 g/mol. The Kier molecular flexibility index (Phi) is 9.75. The standard InChI is InChI=1S/C42H38ClN4O3S/c1-7-46(41-26(3)12-11-13-27(41)4)31-16-18-34-37(22-31)50-38-23-32(47(8-2)42-28(5)20-30(43)21-29(42)6)17-19-35(38)40(34)36-14-9-10-15-39(36)51(48,49)33(24-44)25-45/h9-23,44H,7-8H2,1-6H3/q+1. The molecule has 0 unspecified atom stereocenters. The van der Waals surface area contributed by atoms with E-state index in [0.29, 0.717) is 51.5 Å². The van der Waals surface area contributed by atoms with Crippen molar-refractivity contribution in [2.45, 2.75) is 46.4 Å². The SMILES string of the molecule is CCN(c1ccc2c(-c3ccccc3S(=O)(=O)C(=C=N)C#N)c3ccc(=[N+](CC)c4c(C)cc(Cl)cc4C)cc-3oc2c1)c1c(C)cccc1C. The number of sulfone groups is 1. The Morgan fingerprint density at radius 2 is 1.55 bits per heavy atom. The van der Waals surface area contributed by atoms with Gasteiger partial charge in [0, 0.05) is 74.1 Å². The molecule has 0 radical (unpaired) electrons. The zero-order chi connectivity index (χ0) is 36.6. The third-order valence-corrected chi connectivity index (χ3v) is 11.2. The Balaban J connectivity index is 1.73.